The van der Waals surface area contributed by atoms with Gasteiger partial charge in [-0.1, -0.05) is 75.4 Å². The van der Waals surface area contributed by atoms with Gasteiger partial charge in [0.25, 0.3) is 10.0 Å². The molecule has 7 nitrogen and oxygen atoms in total. The van der Waals surface area contributed by atoms with Gasteiger partial charge in [0, 0.05) is 31.4 Å². The Balaban J connectivity index is 1.50. The number of nitrogens with one attached hydrogen (secondary N) is 1. The molecule has 1 aliphatic rings. The lowest BCUT2D eigenvalue weighted by Crippen LogP contribution is -2.49. The van der Waals surface area contributed by atoms with Gasteiger partial charge in [0.05, 0.1) is 10.6 Å². The van der Waals surface area contributed by atoms with Gasteiger partial charge in [-0.2, -0.15) is 0 Å². The summed E-state index contributed by atoms with van der Waals surface area (Å²) in [4.78, 5) is 28.5. The summed E-state index contributed by atoms with van der Waals surface area (Å²) in [6.07, 6.45) is 0.969. The number of hydrogen-bond acceptors (Lipinski definition) is 4. The van der Waals surface area contributed by atoms with Crippen LogP contribution in [0.3, 0.4) is 0 Å². The molecule has 0 spiro atoms. The zero-order chi connectivity index (χ0) is 26.6. The lowest BCUT2D eigenvalue weighted by molar-refractivity contribution is -0.141. The minimum atomic E-state index is -3.67. The lowest BCUT2D eigenvalue weighted by atomic mass is 10.1. The van der Waals surface area contributed by atoms with Crippen LogP contribution >= 0.6 is 0 Å². The first-order chi connectivity index (χ1) is 17.7. The third-order valence-electron chi connectivity index (χ3n) is 6.70. The number of anilines is 1. The molecule has 0 aromatic heterocycles. The number of rotatable bonds is 11. The predicted molar refractivity (Wildman–Crippen MR) is 147 cm³/mol. The zero-order valence-corrected chi connectivity index (χ0v) is 22.5. The summed E-state index contributed by atoms with van der Waals surface area (Å²) in [5.74, 6) is -0.0248. The minimum absolute atomic E-state index is 0.138. The maximum Gasteiger partial charge on any atom is 0.265 e. The van der Waals surface area contributed by atoms with E-state index in [4.69, 9.17) is 0 Å². The average molecular weight is 522 g/mol. The van der Waals surface area contributed by atoms with Crippen molar-refractivity contribution >= 4 is 38.3 Å². The summed E-state index contributed by atoms with van der Waals surface area (Å²) in [6.45, 7) is 7.01. The van der Waals surface area contributed by atoms with Gasteiger partial charge in [0.1, 0.15) is 6.04 Å². The Kier molecular flexibility index (Phi) is 8.17. The molecule has 0 radical (unpaired) electrons. The van der Waals surface area contributed by atoms with Crippen LogP contribution in [0.1, 0.15) is 45.6 Å². The second-order valence-corrected chi connectivity index (χ2v) is 11.7. The largest absolute Gasteiger partial charge is 0.354 e. The van der Waals surface area contributed by atoms with Crippen LogP contribution in [0.4, 0.5) is 5.69 Å². The number of hydrogen-bond donors (Lipinski definition) is 1. The van der Waals surface area contributed by atoms with Crippen molar-refractivity contribution in [2.45, 2.75) is 57.5 Å². The molecule has 1 aliphatic heterocycles. The summed E-state index contributed by atoms with van der Waals surface area (Å²) < 4.78 is 27.9. The van der Waals surface area contributed by atoms with Crippen molar-refractivity contribution in [1.29, 1.82) is 0 Å². The second kappa shape index (κ2) is 11.3. The van der Waals surface area contributed by atoms with Gasteiger partial charge >= 0.3 is 0 Å². The second-order valence-electron chi connectivity index (χ2n) is 9.88. The first kappa shape index (κ1) is 26.7. The van der Waals surface area contributed by atoms with Crippen molar-refractivity contribution in [1.82, 2.24) is 10.2 Å². The van der Waals surface area contributed by atoms with Crippen LogP contribution in [0, 0.1) is 5.92 Å². The molecule has 3 aromatic carbocycles. The highest BCUT2D eigenvalue weighted by Gasteiger charge is 2.35. The van der Waals surface area contributed by atoms with E-state index in [-0.39, 0.29) is 24.8 Å². The average Bonchev–Trinajstić information content (AvgIpc) is 3.11. The molecule has 3 aromatic rings. The molecular weight excluding hydrogens is 486 g/mol. The quantitative estimate of drug-likeness (QED) is 0.396. The third-order valence-corrected chi connectivity index (χ3v) is 8.55. The van der Waals surface area contributed by atoms with Crippen molar-refractivity contribution in [3.8, 4) is 0 Å². The first-order valence-electron chi connectivity index (χ1n) is 12.9. The van der Waals surface area contributed by atoms with Gasteiger partial charge in [-0.25, -0.2) is 8.42 Å². The predicted octanol–water partition coefficient (Wildman–Crippen LogP) is 4.71. The van der Waals surface area contributed by atoms with Crippen LogP contribution in [-0.4, -0.2) is 44.3 Å². The van der Waals surface area contributed by atoms with E-state index < -0.39 is 16.1 Å². The molecule has 196 valence electrons. The van der Waals surface area contributed by atoms with E-state index in [1.165, 1.54) is 4.31 Å². The molecule has 8 heteroatoms. The Labute approximate surface area is 219 Å². The molecule has 0 aliphatic carbocycles. The number of amides is 2. The van der Waals surface area contributed by atoms with Crippen LogP contribution in [0.25, 0.3) is 10.8 Å². The molecule has 0 saturated carbocycles. The van der Waals surface area contributed by atoms with Crippen LogP contribution in [0.5, 0.6) is 0 Å². The third kappa shape index (κ3) is 5.64. The smallest absolute Gasteiger partial charge is 0.265 e. The standard InChI is InChI=1S/C29H35N3O4S/c1-4-24(29(34)30-19-21(2)3)31(20-22-11-6-5-7-12-22)27(33)17-10-18-32-25-15-8-13-23-14-9-16-26(28(23)25)37(32,35)36/h5-9,11-16,21,24H,4,10,17-20H2,1-3H3,(H,30,34)/t24-/m0/s1. The molecule has 1 atom stereocenters. The van der Waals surface area contributed by atoms with Gasteiger partial charge in [-0.05, 0) is 41.8 Å². The molecule has 2 amide bonds. The molecule has 4 rings (SSSR count). The number of carbonyl (C=O) groups is 2. The van der Waals surface area contributed by atoms with Crippen molar-refractivity contribution in [2.24, 2.45) is 5.92 Å². The van der Waals surface area contributed by atoms with Crippen molar-refractivity contribution < 1.29 is 18.0 Å². The minimum Gasteiger partial charge on any atom is -0.354 e. The first-order valence-corrected chi connectivity index (χ1v) is 14.3. The number of carbonyl (C=O) groups excluding carboxylic acids is 2. The van der Waals surface area contributed by atoms with E-state index in [0.29, 0.717) is 42.4 Å². The normalized spacial score (nSPS) is 14.6. The van der Waals surface area contributed by atoms with Crippen LogP contribution < -0.4 is 9.62 Å². The van der Waals surface area contributed by atoms with E-state index in [9.17, 15) is 18.0 Å². The highest BCUT2D eigenvalue weighted by molar-refractivity contribution is 7.93. The van der Waals surface area contributed by atoms with Crippen molar-refractivity contribution in [3.05, 3.63) is 72.3 Å². The maximum absolute atomic E-state index is 13.5. The topological polar surface area (TPSA) is 86.8 Å². The van der Waals surface area contributed by atoms with Gasteiger partial charge in [-0.3, -0.25) is 13.9 Å². The van der Waals surface area contributed by atoms with Crippen LogP contribution in [0.2, 0.25) is 0 Å². The molecule has 0 bridgehead atoms. The SMILES string of the molecule is CC[C@@H](C(=O)NCC(C)C)N(Cc1ccccc1)C(=O)CCCN1c2cccc3cccc(c23)S1(=O)=O. The number of benzene rings is 3. The molecule has 0 saturated heterocycles. The van der Waals surface area contributed by atoms with E-state index in [1.807, 2.05) is 75.4 Å². The molecule has 0 fully saturated rings. The van der Waals surface area contributed by atoms with E-state index in [1.54, 1.807) is 17.0 Å². The Hall–Kier alpha value is -3.39. The van der Waals surface area contributed by atoms with E-state index in [0.717, 1.165) is 16.3 Å². The fraction of sp³-hybridized carbons (Fsp3) is 0.379. The van der Waals surface area contributed by atoms with Gasteiger partial charge in [0.2, 0.25) is 11.8 Å². The van der Waals surface area contributed by atoms with E-state index in [2.05, 4.69) is 5.32 Å². The summed E-state index contributed by atoms with van der Waals surface area (Å²) in [7, 11) is -3.67. The molecular formula is C29H35N3O4S. The van der Waals surface area contributed by atoms with Crippen molar-refractivity contribution in [2.75, 3.05) is 17.4 Å². The number of nitrogens with zero attached hydrogens (tertiary/aromatic N) is 2. The summed E-state index contributed by atoms with van der Waals surface area (Å²) >= 11 is 0. The monoisotopic (exact) mass is 521 g/mol. The van der Waals surface area contributed by atoms with Gasteiger partial charge < -0.3 is 10.2 Å². The highest BCUT2D eigenvalue weighted by Crippen LogP contribution is 2.42. The number of sulfonamides is 1. The van der Waals surface area contributed by atoms with Gasteiger partial charge in [0.15, 0.2) is 0 Å². The fourth-order valence-electron chi connectivity index (χ4n) is 4.84. The molecule has 0 unspecified atom stereocenters. The Bertz CT molecular complexity index is 1370. The fourth-order valence-corrected chi connectivity index (χ4v) is 6.59. The molecule has 1 heterocycles. The summed E-state index contributed by atoms with van der Waals surface area (Å²) in [5.41, 5.74) is 1.59. The molecule has 37 heavy (non-hydrogen) atoms. The summed E-state index contributed by atoms with van der Waals surface area (Å²) in [5, 5.41) is 4.58. The zero-order valence-electron chi connectivity index (χ0n) is 21.7. The Morgan fingerprint density at radius 1 is 0.973 bits per heavy atom. The Morgan fingerprint density at radius 2 is 1.68 bits per heavy atom. The Morgan fingerprint density at radius 3 is 2.35 bits per heavy atom. The maximum atomic E-state index is 13.5. The van der Waals surface area contributed by atoms with Crippen LogP contribution in [-0.2, 0) is 26.2 Å². The highest BCUT2D eigenvalue weighted by atomic mass is 32.2. The lowest BCUT2D eigenvalue weighted by Gasteiger charge is -2.31. The van der Waals surface area contributed by atoms with Gasteiger partial charge in [-0.15, -0.1) is 0 Å². The van der Waals surface area contributed by atoms with Crippen molar-refractivity contribution in [3.63, 3.8) is 0 Å². The van der Waals surface area contributed by atoms with Crippen LogP contribution in [0.15, 0.2) is 71.6 Å². The van der Waals surface area contributed by atoms with E-state index >= 15 is 0 Å². The molecule has 1 N–H and O–H groups in total. The summed E-state index contributed by atoms with van der Waals surface area (Å²) in [6, 6.07) is 19.9.